The molecule has 6 heteroatoms. The number of carbonyl (C=O) groups is 2. The normalized spacial score (nSPS) is 11.1. The van der Waals surface area contributed by atoms with Crippen LogP contribution in [0.4, 0.5) is 0 Å². The Morgan fingerprint density at radius 3 is 0.762 bits per heavy atom. The second-order valence-corrected chi connectivity index (χ2v) is 14.8. The van der Waals surface area contributed by atoms with Crippen LogP contribution in [-0.2, 0) is 40.7 Å². The quantitative estimate of drug-likeness (QED) is 0.0636. The van der Waals surface area contributed by atoms with E-state index in [4.69, 9.17) is 5.63 Å². The summed E-state index contributed by atoms with van der Waals surface area (Å²) < 4.78 is 21.8. The summed E-state index contributed by atoms with van der Waals surface area (Å²) in [4.78, 5) is 23.8. The molecule has 0 aromatic rings. The van der Waals surface area contributed by atoms with E-state index in [1.54, 1.807) is 0 Å². The Balaban J connectivity index is 3.40. The van der Waals surface area contributed by atoms with Crippen LogP contribution in [0.15, 0.2) is 0 Å². The van der Waals surface area contributed by atoms with Gasteiger partial charge in [0, 0.05) is 0 Å². The van der Waals surface area contributed by atoms with Crippen LogP contribution >= 0.6 is 0 Å². The Morgan fingerprint density at radius 1 is 0.357 bits per heavy atom. The number of hydrogen-bond acceptors (Lipinski definition) is 5. The van der Waals surface area contributed by atoms with Crippen molar-refractivity contribution in [1.82, 2.24) is 0 Å². The number of carbonyl (C=O) groups excluding carboxylic acids is 2. The van der Waals surface area contributed by atoms with Gasteiger partial charge in [-0.25, -0.2) is 0 Å². The van der Waals surface area contributed by atoms with Gasteiger partial charge in [0.2, 0.25) is 0 Å². The van der Waals surface area contributed by atoms with E-state index in [-0.39, 0.29) is 12.8 Å². The van der Waals surface area contributed by atoms with Gasteiger partial charge in [-0.15, -0.1) is 0 Å². The first-order valence-electron chi connectivity index (χ1n) is 18.6. The number of hydrogen-bond donors (Lipinski definition) is 0. The van der Waals surface area contributed by atoms with E-state index >= 15 is 0 Å². The van der Waals surface area contributed by atoms with Gasteiger partial charge in [-0.3, -0.25) is 0 Å². The molecular weight excluding hydrogens is 604 g/mol. The van der Waals surface area contributed by atoms with Gasteiger partial charge in [0.25, 0.3) is 0 Å². The van der Waals surface area contributed by atoms with E-state index in [1.807, 2.05) is 0 Å². The summed E-state index contributed by atoms with van der Waals surface area (Å²) in [5, 5.41) is 0. The Bertz CT molecular complexity index is 560. The van der Waals surface area contributed by atoms with Gasteiger partial charge in [-0.1, -0.05) is 90.9 Å². The molecule has 0 aromatic carbocycles. The van der Waals surface area contributed by atoms with Crippen molar-refractivity contribution in [3.8, 4) is 0 Å². The van der Waals surface area contributed by atoms with Crippen molar-refractivity contribution < 1.29 is 40.7 Å². The van der Waals surface area contributed by atoms with Crippen LogP contribution in [0.2, 0.25) is 0 Å². The minimum Gasteiger partial charge on any atom is -0.0654 e. The van der Waals surface area contributed by atoms with Crippen molar-refractivity contribution in [2.24, 2.45) is 0 Å². The minimum absolute atomic E-state index is 0.265. The van der Waals surface area contributed by atoms with Crippen molar-refractivity contribution in [1.29, 1.82) is 0 Å². The van der Waals surface area contributed by atoms with Gasteiger partial charge in [-0.2, -0.15) is 0 Å². The zero-order valence-electron chi connectivity index (χ0n) is 28.2. The van der Waals surface area contributed by atoms with E-state index in [9.17, 15) is 12.4 Å². The smallest absolute Gasteiger partial charge is 0.0654 e. The predicted octanol–water partition coefficient (Wildman–Crippen LogP) is 12.4. The van der Waals surface area contributed by atoms with Gasteiger partial charge in [0.15, 0.2) is 0 Å². The average molecular weight is 674 g/mol. The maximum absolute atomic E-state index is 12.0. The summed E-state index contributed by atoms with van der Waals surface area (Å²) in [6, 6.07) is 0. The molecule has 0 aliphatic carbocycles. The molecule has 0 bridgehead atoms. The first kappa shape index (κ1) is 41.6. The summed E-state index contributed by atoms with van der Waals surface area (Å²) in [5.41, 5.74) is 0. The molecule has 0 aromatic heterocycles. The monoisotopic (exact) mass is 672 g/mol. The Kier molecular flexibility index (Phi) is 34.8. The second kappa shape index (κ2) is 35.1. The molecule has 0 heterocycles. The Morgan fingerprint density at radius 2 is 0.548 bits per heavy atom. The van der Waals surface area contributed by atoms with Gasteiger partial charge in [0.1, 0.15) is 0 Å². The van der Waals surface area contributed by atoms with Gasteiger partial charge >= 0.3 is 181 Å². The zero-order chi connectivity index (χ0) is 30.8. The molecule has 0 atom stereocenters. The third kappa shape index (κ3) is 34.1. The SMILES string of the molecule is CCCCCCCCCCCCCCCCCC(=O)[O][Zr](=[O])[O]C(=O)CCCCCCCCCCCCCCCCC. The zero-order valence-corrected chi connectivity index (χ0v) is 30.6. The molecule has 0 aliphatic rings. The molecule has 0 unspecified atom stereocenters. The van der Waals surface area contributed by atoms with E-state index in [2.05, 4.69) is 13.8 Å². The third-order valence-electron chi connectivity index (χ3n) is 8.36. The van der Waals surface area contributed by atoms with Crippen molar-refractivity contribution in [3.05, 3.63) is 0 Å². The molecule has 0 N–H and O–H groups in total. The molecule has 42 heavy (non-hydrogen) atoms. The third-order valence-corrected chi connectivity index (χ3v) is 10.3. The molecule has 0 rings (SSSR count). The number of rotatable bonds is 34. The molecule has 5 nitrogen and oxygen atoms in total. The summed E-state index contributed by atoms with van der Waals surface area (Å²) in [5.74, 6) is -0.956. The van der Waals surface area contributed by atoms with Crippen molar-refractivity contribution in [2.75, 3.05) is 0 Å². The van der Waals surface area contributed by atoms with Crippen LogP contribution in [0, 0.1) is 0 Å². The van der Waals surface area contributed by atoms with Gasteiger partial charge < -0.3 is 0 Å². The van der Waals surface area contributed by atoms with Crippen molar-refractivity contribution in [2.45, 2.75) is 219 Å². The fourth-order valence-electron chi connectivity index (χ4n) is 5.59. The summed E-state index contributed by atoms with van der Waals surface area (Å²) in [6.07, 6.45) is 38.7. The van der Waals surface area contributed by atoms with Crippen molar-refractivity contribution in [3.63, 3.8) is 0 Å². The van der Waals surface area contributed by atoms with Crippen molar-refractivity contribution >= 4 is 11.9 Å². The van der Waals surface area contributed by atoms with Crippen LogP contribution in [0.1, 0.15) is 219 Å². The first-order chi connectivity index (χ1) is 20.6. The maximum atomic E-state index is 12.0. The topological polar surface area (TPSA) is 69.7 Å². The van der Waals surface area contributed by atoms with Crippen LogP contribution in [0.25, 0.3) is 0 Å². The van der Waals surface area contributed by atoms with Crippen LogP contribution in [-0.4, -0.2) is 11.9 Å². The number of unbranched alkanes of at least 4 members (excludes halogenated alkanes) is 28. The molecule has 0 fully saturated rings. The van der Waals surface area contributed by atoms with E-state index in [0.29, 0.717) is 0 Å². The fourth-order valence-corrected chi connectivity index (χ4v) is 7.11. The molecule has 0 amide bonds. The molecule has 248 valence electrons. The predicted molar refractivity (Wildman–Crippen MR) is 172 cm³/mol. The van der Waals surface area contributed by atoms with E-state index in [1.165, 1.54) is 154 Å². The standard InChI is InChI=1S/2C18H36O2.O.Zr/c2*1-2-3-4-5-6-7-8-9-10-11-12-13-14-15-16-17-18(19)20;;/h2*2-17H2,1H3,(H,19,20);;/q;;;+2/p-2. The molecular formula is C36H70O5Zr. The molecule has 0 saturated heterocycles. The van der Waals surface area contributed by atoms with Gasteiger partial charge in [-0.05, 0) is 0 Å². The Hall–Kier alpha value is -0.377. The van der Waals surface area contributed by atoms with Crippen LogP contribution in [0.5, 0.6) is 0 Å². The average Bonchev–Trinajstić information content (AvgIpc) is 2.97. The summed E-state index contributed by atoms with van der Waals surface area (Å²) in [7, 11) is 0. The molecule has 0 saturated carbocycles. The van der Waals surface area contributed by atoms with Crippen LogP contribution in [0.3, 0.4) is 0 Å². The first-order valence-corrected chi connectivity index (χ1v) is 21.6. The summed E-state index contributed by atoms with van der Waals surface area (Å²) >= 11 is -4.05. The Labute approximate surface area is 270 Å². The van der Waals surface area contributed by atoms with Gasteiger partial charge in [0.05, 0.1) is 0 Å². The molecule has 0 aliphatic heterocycles. The minimum atomic E-state index is -4.05. The van der Waals surface area contributed by atoms with Crippen LogP contribution < -0.4 is 0 Å². The van der Waals surface area contributed by atoms with E-state index < -0.39 is 34.6 Å². The molecule has 0 radical (unpaired) electrons. The second-order valence-electron chi connectivity index (χ2n) is 12.6. The fraction of sp³-hybridized carbons (Fsp3) is 0.944. The summed E-state index contributed by atoms with van der Waals surface area (Å²) in [6.45, 7) is 4.53. The molecule has 0 spiro atoms. The van der Waals surface area contributed by atoms with E-state index in [0.717, 1.165) is 38.5 Å².